The Labute approximate surface area is 170 Å². The topological polar surface area (TPSA) is 78.4 Å². The van der Waals surface area contributed by atoms with E-state index in [2.05, 4.69) is 15.3 Å². The van der Waals surface area contributed by atoms with Gasteiger partial charge in [0.15, 0.2) is 5.69 Å². The van der Waals surface area contributed by atoms with E-state index >= 15 is 0 Å². The van der Waals surface area contributed by atoms with Gasteiger partial charge in [0.2, 0.25) is 11.9 Å². The minimum atomic E-state index is -0.495. The lowest BCUT2D eigenvalue weighted by molar-refractivity contribution is -0.130. The molecule has 0 aliphatic rings. The second-order valence-electron chi connectivity index (χ2n) is 6.12. The van der Waals surface area contributed by atoms with Gasteiger partial charge >= 0.3 is 0 Å². The van der Waals surface area contributed by atoms with Gasteiger partial charge in [-0.1, -0.05) is 41.9 Å². The fourth-order valence-electron chi connectivity index (χ4n) is 2.71. The average Bonchev–Trinajstić information content (AvgIpc) is 2.72. The normalized spacial score (nSPS) is 10.4. The molecule has 7 nitrogen and oxygen atoms in total. The van der Waals surface area contributed by atoms with Crippen LogP contribution in [0.25, 0.3) is 0 Å². The summed E-state index contributed by atoms with van der Waals surface area (Å²) in [6.07, 6.45) is 1.41. The van der Waals surface area contributed by atoms with E-state index in [4.69, 9.17) is 11.6 Å². The maximum absolute atomic E-state index is 12.5. The lowest BCUT2D eigenvalue weighted by Crippen LogP contribution is -2.40. The molecule has 1 aromatic heterocycles. The van der Waals surface area contributed by atoms with E-state index < -0.39 is 5.91 Å². The van der Waals surface area contributed by atoms with Crippen molar-refractivity contribution in [2.45, 2.75) is 27.3 Å². The first-order valence-electron chi connectivity index (χ1n) is 9.37. The minimum absolute atomic E-state index is 0.0671. The van der Waals surface area contributed by atoms with Crippen molar-refractivity contribution in [3.63, 3.8) is 0 Å². The number of halogens is 1. The van der Waals surface area contributed by atoms with Crippen molar-refractivity contribution in [2.24, 2.45) is 0 Å². The fourth-order valence-corrected chi connectivity index (χ4v) is 2.88. The van der Waals surface area contributed by atoms with E-state index in [1.165, 1.54) is 6.20 Å². The molecule has 0 saturated heterocycles. The second kappa shape index (κ2) is 10.6. The Morgan fingerprint density at radius 1 is 1.07 bits per heavy atom. The van der Waals surface area contributed by atoms with Crippen LogP contribution >= 0.6 is 11.6 Å². The number of anilines is 1. The van der Waals surface area contributed by atoms with Gasteiger partial charge < -0.3 is 15.1 Å². The van der Waals surface area contributed by atoms with Crippen molar-refractivity contribution in [1.82, 2.24) is 20.2 Å². The Hall–Kier alpha value is -2.67. The number of nitrogens with one attached hydrogen (secondary N) is 1. The van der Waals surface area contributed by atoms with E-state index in [0.29, 0.717) is 32.1 Å². The number of hydrogen-bond donors (Lipinski definition) is 1. The number of carbonyl (C=O) groups excluding carboxylic acids is 2. The highest BCUT2D eigenvalue weighted by molar-refractivity contribution is 6.33. The quantitative estimate of drug-likeness (QED) is 0.696. The van der Waals surface area contributed by atoms with E-state index in [9.17, 15) is 9.59 Å². The number of rotatable bonds is 9. The molecule has 1 heterocycles. The molecule has 2 amide bonds. The lowest BCUT2D eigenvalue weighted by Gasteiger charge is -2.21. The van der Waals surface area contributed by atoms with Gasteiger partial charge in [-0.3, -0.25) is 9.59 Å². The summed E-state index contributed by atoms with van der Waals surface area (Å²) in [7, 11) is 0. The summed E-state index contributed by atoms with van der Waals surface area (Å²) < 4.78 is 0. The molecule has 0 aliphatic carbocycles. The highest BCUT2D eigenvalue weighted by Gasteiger charge is 2.18. The van der Waals surface area contributed by atoms with E-state index in [0.717, 1.165) is 5.56 Å². The summed E-state index contributed by atoms with van der Waals surface area (Å²) in [4.78, 5) is 37.1. The lowest BCUT2D eigenvalue weighted by atomic mass is 10.2. The van der Waals surface area contributed by atoms with Crippen LogP contribution in [0.4, 0.5) is 5.95 Å². The third-order valence-electron chi connectivity index (χ3n) is 4.34. The van der Waals surface area contributed by atoms with Crippen LogP contribution in [-0.4, -0.2) is 52.9 Å². The van der Waals surface area contributed by atoms with Crippen LogP contribution in [0.5, 0.6) is 0 Å². The molecule has 0 unspecified atom stereocenters. The summed E-state index contributed by atoms with van der Waals surface area (Å²) in [5.74, 6) is -0.232. The van der Waals surface area contributed by atoms with Gasteiger partial charge in [0, 0.05) is 26.2 Å². The monoisotopic (exact) mass is 403 g/mol. The minimum Gasteiger partial charge on any atom is -0.342 e. The van der Waals surface area contributed by atoms with Crippen molar-refractivity contribution < 1.29 is 9.59 Å². The van der Waals surface area contributed by atoms with Crippen molar-refractivity contribution >= 4 is 29.4 Å². The van der Waals surface area contributed by atoms with E-state index in [-0.39, 0.29) is 23.2 Å². The standard InChI is InChI=1S/C20H26ClN5O2/c1-4-25(5-2)20-23-12-16(21)18(24-20)19(28)22-13-17(27)26(6-3)14-15-10-8-7-9-11-15/h7-12H,4-6,13-14H2,1-3H3,(H,22,28). The number of hydrogen-bond acceptors (Lipinski definition) is 5. The Morgan fingerprint density at radius 3 is 2.36 bits per heavy atom. The van der Waals surface area contributed by atoms with Crippen molar-refractivity contribution in [3.8, 4) is 0 Å². The number of nitrogens with zero attached hydrogens (tertiary/aromatic N) is 4. The highest BCUT2D eigenvalue weighted by Crippen LogP contribution is 2.16. The first kappa shape index (κ1) is 21.6. The van der Waals surface area contributed by atoms with Gasteiger partial charge in [-0.05, 0) is 26.3 Å². The van der Waals surface area contributed by atoms with Gasteiger partial charge in [0.25, 0.3) is 5.91 Å². The average molecular weight is 404 g/mol. The molecule has 0 spiro atoms. The zero-order valence-electron chi connectivity index (χ0n) is 16.5. The predicted octanol–water partition coefficient (Wildman–Crippen LogP) is 2.75. The number of benzene rings is 1. The number of carbonyl (C=O) groups is 2. The largest absolute Gasteiger partial charge is 0.342 e. The molecule has 0 fully saturated rings. The van der Waals surface area contributed by atoms with E-state index in [1.54, 1.807) is 4.90 Å². The van der Waals surface area contributed by atoms with Crippen LogP contribution in [-0.2, 0) is 11.3 Å². The summed E-state index contributed by atoms with van der Waals surface area (Å²) in [5.41, 5.74) is 1.10. The molecule has 2 aromatic rings. The predicted molar refractivity (Wildman–Crippen MR) is 110 cm³/mol. The molecular weight excluding hydrogens is 378 g/mol. The maximum atomic E-state index is 12.5. The van der Waals surface area contributed by atoms with Crippen LogP contribution in [0.3, 0.4) is 0 Å². The third kappa shape index (κ3) is 5.66. The van der Waals surface area contributed by atoms with Gasteiger partial charge in [0.1, 0.15) is 0 Å². The highest BCUT2D eigenvalue weighted by atomic mass is 35.5. The summed E-state index contributed by atoms with van der Waals surface area (Å²) in [6.45, 7) is 8.19. The molecule has 0 bridgehead atoms. The molecule has 0 radical (unpaired) electrons. The molecule has 1 N–H and O–H groups in total. The van der Waals surface area contributed by atoms with E-state index in [1.807, 2.05) is 56.0 Å². The fraction of sp³-hybridized carbons (Fsp3) is 0.400. The van der Waals surface area contributed by atoms with Gasteiger partial charge in [-0.15, -0.1) is 0 Å². The van der Waals surface area contributed by atoms with Crippen LogP contribution in [0, 0.1) is 0 Å². The molecule has 8 heteroatoms. The van der Waals surface area contributed by atoms with Crippen LogP contribution in [0.1, 0.15) is 36.8 Å². The smallest absolute Gasteiger partial charge is 0.272 e. The first-order valence-corrected chi connectivity index (χ1v) is 9.75. The number of aromatic nitrogens is 2. The van der Waals surface area contributed by atoms with Gasteiger partial charge in [-0.2, -0.15) is 0 Å². The molecule has 150 valence electrons. The molecule has 1 aromatic carbocycles. The Balaban J connectivity index is 2.02. The van der Waals surface area contributed by atoms with Gasteiger partial charge in [-0.25, -0.2) is 9.97 Å². The zero-order valence-corrected chi connectivity index (χ0v) is 17.2. The zero-order chi connectivity index (χ0) is 20.5. The van der Waals surface area contributed by atoms with Crippen molar-refractivity contribution in [1.29, 1.82) is 0 Å². The SMILES string of the molecule is CCN(Cc1ccccc1)C(=O)CNC(=O)c1nc(N(CC)CC)ncc1Cl. The molecular formula is C20H26ClN5O2. The molecule has 2 rings (SSSR count). The van der Waals surface area contributed by atoms with Gasteiger partial charge in [0.05, 0.1) is 17.8 Å². The third-order valence-corrected chi connectivity index (χ3v) is 4.62. The van der Waals surface area contributed by atoms with Crippen LogP contribution < -0.4 is 10.2 Å². The van der Waals surface area contributed by atoms with Crippen LogP contribution in [0.15, 0.2) is 36.5 Å². The Kier molecular flexibility index (Phi) is 8.19. The first-order chi connectivity index (χ1) is 13.5. The summed E-state index contributed by atoms with van der Waals surface area (Å²) in [6, 6.07) is 9.72. The number of likely N-dealkylation sites (N-methyl/N-ethyl adjacent to an activating group) is 1. The second-order valence-corrected chi connectivity index (χ2v) is 6.52. The Bertz CT molecular complexity index is 796. The summed E-state index contributed by atoms with van der Waals surface area (Å²) in [5, 5.41) is 2.77. The Morgan fingerprint density at radius 2 is 1.75 bits per heavy atom. The van der Waals surface area contributed by atoms with Crippen molar-refractivity contribution in [3.05, 3.63) is 52.8 Å². The molecule has 0 atom stereocenters. The van der Waals surface area contributed by atoms with Crippen molar-refractivity contribution in [2.75, 3.05) is 31.1 Å². The molecule has 0 saturated carbocycles. The van der Waals surface area contributed by atoms with Crippen LogP contribution in [0.2, 0.25) is 5.02 Å². The molecule has 28 heavy (non-hydrogen) atoms. The maximum Gasteiger partial charge on any atom is 0.272 e. The molecule has 0 aliphatic heterocycles. The number of amides is 2. The summed E-state index contributed by atoms with van der Waals surface area (Å²) >= 11 is 6.09.